The third kappa shape index (κ3) is 2.84. The number of rotatable bonds is 3. The van der Waals surface area contributed by atoms with Gasteiger partial charge in [0.25, 0.3) is 5.56 Å². The summed E-state index contributed by atoms with van der Waals surface area (Å²) in [5, 5.41) is 2.77. The summed E-state index contributed by atoms with van der Waals surface area (Å²) in [6.07, 6.45) is 1.60. The molecule has 112 valence electrons. The summed E-state index contributed by atoms with van der Waals surface area (Å²) in [6.45, 7) is 1.69. The second-order valence-corrected chi connectivity index (χ2v) is 5.42. The molecule has 2 aromatic heterocycles. The first-order valence-corrected chi connectivity index (χ1v) is 7.12. The zero-order valence-corrected chi connectivity index (χ0v) is 12.7. The number of pyridine rings is 1. The van der Waals surface area contributed by atoms with E-state index >= 15 is 0 Å². The Morgan fingerprint density at radius 2 is 2.05 bits per heavy atom. The average molecular weight is 314 g/mol. The number of amides is 1. The topological polar surface area (TPSA) is 82.7 Å². The predicted octanol–water partition coefficient (Wildman–Crippen LogP) is 2.33. The number of anilines is 1. The number of carbonyl (C=O) groups excluding carboxylic acids is 1. The van der Waals surface area contributed by atoms with Gasteiger partial charge >= 0.3 is 0 Å². The molecule has 7 heteroatoms. The van der Waals surface area contributed by atoms with Gasteiger partial charge in [0.2, 0.25) is 5.91 Å². The minimum atomic E-state index is -0.263. The standard InChI is InChI=1S/C15H14N4O2S/c1-9-3-2-6-19(14(9)21)8-13(20)16-10-4-5-11-12(7-10)18-15(22)17-11/h2-7H,8H2,1H3,(H,16,20)(H2,17,18,22). The van der Waals surface area contributed by atoms with Crippen LogP contribution in [-0.2, 0) is 11.3 Å². The molecule has 0 fully saturated rings. The summed E-state index contributed by atoms with van der Waals surface area (Å²) >= 11 is 5.02. The Balaban J connectivity index is 1.79. The smallest absolute Gasteiger partial charge is 0.253 e. The third-order valence-electron chi connectivity index (χ3n) is 3.32. The van der Waals surface area contributed by atoms with Crippen LogP contribution >= 0.6 is 12.2 Å². The summed E-state index contributed by atoms with van der Waals surface area (Å²) in [7, 11) is 0. The Morgan fingerprint density at radius 3 is 2.86 bits per heavy atom. The summed E-state index contributed by atoms with van der Waals surface area (Å²) in [5.41, 5.74) is 2.77. The molecule has 0 aliphatic rings. The number of aryl methyl sites for hydroxylation is 1. The Kier molecular flexibility index (Phi) is 3.64. The van der Waals surface area contributed by atoms with Gasteiger partial charge in [-0.15, -0.1) is 0 Å². The lowest BCUT2D eigenvalue weighted by molar-refractivity contribution is -0.116. The number of benzene rings is 1. The Bertz CT molecular complexity index is 967. The first-order chi connectivity index (χ1) is 10.5. The van der Waals surface area contributed by atoms with Crippen LogP contribution in [-0.4, -0.2) is 20.4 Å². The fraction of sp³-hybridized carbons (Fsp3) is 0.133. The maximum Gasteiger partial charge on any atom is 0.253 e. The molecule has 0 saturated heterocycles. The molecule has 0 atom stereocenters. The maximum atomic E-state index is 12.1. The molecule has 3 N–H and O–H groups in total. The van der Waals surface area contributed by atoms with Crippen LogP contribution in [0.2, 0.25) is 0 Å². The summed E-state index contributed by atoms with van der Waals surface area (Å²) in [4.78, 5) is 30.0. The number of carbonyl (C=O) groups is 1. The van der Waals surface area contributed by atoms with E-state index in [1.165, 1.54) is 4.57 Å². The van der Waals surface area contributed by atoms with Gasteiger partial charge in [-0.25, -0.2) is 0 Å². The van der Waals surface area contributed by atoms with Crippen molar-refractivity contribution in [3.63, 3.8) is 0 Å². The first-order valence-electron chi connectivity index (χ1n) is 6.71. The number of fused-ring (bicyclic) bond motifs is 1. The molecule has 0 saturated carbocycles. The van der Waals surface area contributed by atoms with E-state index in [9.17, 15) is 9.59 Å². The largest absolute Gasteiger partial charge is 0.331 e. The van der Waals surface area contributed by atoms with Crippen LogP contribution in [0.4, 0.5) is 5.69 Å². The zero-order chi connectivity index (χ0) is 15.7. The van der Waals surface area contributed by atoms with E-state index in [-0.39, 0.29) is 18.0 Å². The van der Waals surface area contributed by atoms with Gasteiger partial charge in [0.1, 0.15) is 6.54 Å². The van der Waals surface area contributed by atoms with Gasteiger partial charge in [-0.2, -0.15) is 0 Å². The third-order valence-corrected chi connectivity index (χ3v) is 3.53. The molecule has 0 radical (unpaired) electrons. The van der Waals surface area contributed by atoms with Gasteiger partial charge in [-0.1, -0.05) is 6.07 Å². The van der Waals surface area contributed by atoms with Crippen molar-refractivity contribution in [2.75, 3.05) is 5.32 Å². The molecule has 0 aliphatic heterocycles. The van der Waals surface area contributed by atoms with Crippen LogP contribution in [0.25, 0.3) is 11.0 Å². The van der Waals surface area contributed by atoms with Crippen LogP contribution in [0.5, 0.6) is 0 Å². The minimum Gasteiger partial charge on any atom is -0.331 e. The number of nitrogens with zero attached hydrogens (tertiary/aromatic N) is 1. The van der Waals surface area contributed by atoms with Gasteiger partial charge in [-0.3, -0.25) is 9.59 Å². The molecular formula is C15H14N4O2S. The number of aromatic amines is 2. The minimum absolute atomic E-state index is 0.0261. The van der Waals surface area contributed by atoms with Crippen LogP contribution < -0.4 is 10.9 Å². The maximum absolute atomic E-state index is 12.1. The lowest BCUT2D eigenvalue weighted by Gasteiger charge is -2.08. The molecule has 0 bridgehead atoms. The van der Waals surface area contributed by atoms with E-state index in [1.807, 2.05) is 6.07 Å². The summed E-state index contributed by atoms with van der Waals surface area (Å²) < 4.78 is 1.91. The molecule has 6 nitrogen and oxygen atoms in total. The van der Waals surface area contributed by atoms with E-state index in [1.54, 1.807) is 37.4 Å². The summed E-state index contributed by atoms with van der Waals surface area (Å²) in [6, 6.07) is 8.86. The van der Waals surface area contributed by atoms with Crippen LogP contribution in [0.3, 0.4) is 0 Å². The van der Waals surface area contributed by atoms with E-state index < -0.39 is 0 Å². The van der Waals surface area contributed by atoms with E-state index in [2.05, 4.69) is 15.3 Å². The van der Waals surface area contributed by atoms with Crippen molar-refractivity contribution in [1.29, 1.82) is 0 Å². The monoisotopic (exact) mass is 314 g/mol. The van der Waals surface area contributed by atoms with Gasteiger partial charge in [0.05, 0.1) is 11.0 Å². The molecular weight excluding hydrogens is 300 g/mol. The highest BCUT2D eigenvalue weighted by atomic mass is 32.1. The summed E-state index contributed by atoms with van der Waals surface area (Å²) in [5.74, 6) is -0.263. The van der Waals surface area contributed by atoms with Gasteiger partial charge in [-0.05, 0) is 43.4 Å². The lowest BCUT2D eigenvalue weighted by Crippen LogP contribution is -2.28. The molecule has 2 heterocycles. The number of hydrogen-bond donors (Lipinski definition) is 3. The number of imidazole rings is 1. The SMILES string of the molecule is Cc1cccn(CC(=O)Nc2ccc3[nH]c(=S)[nH]c3c2)c1=O. The van der Waals surface area contributed by atoms with Crippen LogP contribution in [0.1, 0.15) is 5.56 Å². The highest BCUT2D eigenvalue weighted by Gasteiger charge is 2.07. The highest BCUT2D eigenvalue weighted by molar-refractivity contribution is 7.71. The second kappa shape index (κ2) is 5.61. The molecule has 3 aromatic rings. The van der Waals surface area contributed by atoms with Crippen molar-refractivity contribution in [3.8, 4) is 0 Å². The number of aromatic nitrogens is 3. The van der Waals surface area contributed by atoms with Crippen molar-refractivity contribution in [3.05, 3.63) is 57.2 Å². The molecule has 1 aromatic carbocycles. The number of nitrogens with one attached hydrogen (secondary N) is 3. The molecule has 1 amide bonds. The van der Waals surface area contributed by atoms with Crippen molar-refractivity contribution >= 4 is 34.8 Å². The molecule has 0 unspecified atom stereocenters. The fourth-order valence-electron chi connectivity index (χ4n) is 2.25. The zero-order valence-electron chi connectivity index (χ0n) is 11.8. The van der Waals surface area contributed by atoms with Gasteiger partial charge in [0.15, 0.2) is 4.77 Å². The van der Waals surface area contributed by atoms with Crippen molar-refractivity contribution < 1.29 is 4.79 Å². The predicted molar refractivity (Wildman–Crippen MR) is 87.6 cm³/mol. The Morgan fingerprint density at radius 1 is 1.27 bits per heavy atom. The molecule has 22 heavy (non-hydrogen) atoms. The van der Waals surface area contributed by atoms with E-state index in [4.69, 9.17) is 12.2 Å². The van der Waals surface area contributed by atoms with Crippen molar-refractivity contribution in [2.24, 2.45) is 0 Å². The normalized spacial score (nSPS) is 10.8. The fourth-order valence-corrected chi connectivity index (χ4v) is 2.47. The van der Waals surface area contributed by atoms with Gasteiger partial charge < -0.3 is 19.9 Å². The number of H-pyrrole nitrogens is 2. The van der Waals surface area contributed by atoms with Crippen molar-refractivity contribution in [1.82, 2.24) is 14.5 Å². The Labute approximate surface area is 130 Å². The van der Waals surface area contributed by atoms with Crippen LogP contribution in [0.15, 0.2) is 41.3 Å². The van der Waals surface area contributed by atoms with Crippen LogP contribution in [0, 0.1) is 11.7 Å². The second-order valence-electron chi connectivity index (χ2n) is 5.01. The Hall–Kier alpha value is -2.67. The van der Waals surface area contributed by atoms with E-state index in [0.717, 1.165) is 11.0 Å². The number of hydrogen-bond acceptors (Lipinski definition) is 3. The molecule has 0 spiro atoms. The lowest BCUT2D eigenvalue weighted by atomic mass is 10.2. The highest BCUT2D eigenvalue weighted by Crippen LogP contribution is 2.16. The molecule has 0 aliphatic carbocycles. The average Bonchev–Trinajstić information content (AvgIpc) is 2.83. The van der Waals surface area contributed by atoms with E-state index in [0.29, 0.717) is 16.0 Å². The quantitative estimate of drug-likeness (QED) is 0.649. The van der Waals surface area contributed by atoms with Gasteiger partial charge in [0, 0.05) is 17.4 Å². The molecule has 3 rings (SSSR count). The first kappa shape index (κ1) is 14.3. The van der Waals surface area contributed by atoms with Crippen molar-refractivity contribution in [2.45, 2.75) is 13.5 Å².